The van der Waals surface area contributed by atoms with Gasteiger partial charge in [-0.2, -0.15) is 0 Å². The van der Waals surface area contributed by atoms with Gasteiger partial charge in [-0.1, -0.05) is 29.8 Å². The van der Waals surface area contributed by atoms with Crippen LogP contribution in [0.5, 0.6) is 0 Å². The van der Waals surface area contributed by atoms with E-state index in [1.807, 2.05) is 0 Å². The predicted molar refractivity (Wildman–Crippen MR) is 77.1 cm³/mol. The highest BCUT2D eigenvalue weighted by Gasteiger charge is 2.21. The van der Waals surface area contributed by atoms with Crippen molar-refractivity contribution in [3.05, 3.63) is 35.4 Å². The van der Waals surface area contributed by atoms with Crippen LogP contribution in [0.25, 0.3) is 0 Å². The molecule has 0 amide bonds. The van der Waals surface area contributed by atoms with E-state index in [0.717, 1.165) is 12.5 Å². The van der Waals surface area contributed by atoms with Gasteiger partial charge in [-0.25, -0.2) is 0 Å². The molecule has 1 aliphatic carbocycles. The first-order valence-corrected chi connectivity index (χ1v) is 7.21. The molecule has 1 aliphatic rings. The molecule has 106 valence electrons. The van der Waals surface area contributed by atoms with Crippen molar-refractivity contribution in [1.29, 1.82) is 0 Å². The highest BCUT2D eigenvalue weighted by molar-refractivity contribution is 5.23. The van der Waals surface area contributed by atoms with Crippen LogP contribution < -0.4 is 5.32 Å². The fraction of sp³-hybridized carbons (Fsp3) is 0.625. The molecule has 19 heavy (non-hydrogen) atoms. The number of aliphatic hydroxyl groups is 1. The normalized spacial score (nSPS) is 18.3. The van der Waals surface area contributed by atoms with Crippen LogP contribution in [-0.2, 0) is 4.74 Å². The number of hydrogen-bond donors (Lipinski definition) is 2. The number of ether oxygens (including phenoxy) is 1. The Balaban J connectivity index is 1.64. The van der Waals surface area contributed by atoms with Crippen molar-refractivity contribution < 1.29 is 9.84 Å². The molecule has 1 fully saturated rings. The van der Waals surface area contributed by atoms with Gasteiger partial charge in [0, 0.05) is 19.2 Å². The van der Waals surface area contributed by atoms with E-state index in [0.29, 0.717) is 13.2 Å². The zero-order valence-electron chi connectivity index (χ0n) is 11.9. The fourth-order valence-corrected chi connectivity index (χ4v) is 2.00. The Hall–Kier alpha value is -0.900. The molecule has 1 saturated carbocycles. The molecule has 1 aromatic rings. The second kappa shape index (κ2) is 7.04. The first-order valence-electron chi connectivity index (χ1n) is 7.21. The smallest absolute Gasteiger partial charge is 0.0897 e. The summed E-state index contributed by atoms with van der Waals surface area (Å²) in [4.78, 5) is 0. The van der Waals surface area contributed by atoms with Gasteiger partial charge >= 0.3 is 0 Å². The molecular formula is C16H25NO2. The average molecular weight is 263 g/mol. The van der Waals surface area contributed by atoms with Gasteiger partial charge in [0.25, 0.3) is 0 Å². The third-order valence-electron chi connectivity index (χ3n) is 3.60. The van der Waals surface area contributed by atoms with Crippen LogP contribution >= 0.6 is 0 Å². The van der Waals surface area contributed by atoms with E-state index in [4.69, 9.17) is 4.74 Å². The molecule has 2 N–H and O–H groups in total. The molecule has 3 nitrogen and oxygen atoms in total. The minimum atomic E-state index is -0.424. The van der Waals surface area contributed by atoms with E-state index < -0.39 is 6.10 Å². The molecule has 0 spiro atoms. The number of aliphatic hydroxyl groups excluding tert-OH is 1. The maximum atomic E-state index is 9.83. The first kappa shape index (κ1) is 14.5. The van der Waals surface area contributed by atoms with Gasteiger partial charge in [0.1, 0.15) is 0 Å². The summed E-state index contributed by atoms with van der Waals surface area (Å²) >= 11 is 0. The Labute approximate surface area is 116 Å². The predicted octanol–water partition coefficient (Wildman–Crippen LogP) is 2.43. The van der Waals surface area contributed by atoms with Crippen LogP contribution in [0.2, 0.25) is 0 Å². The summed E-state index contributed by atoms with van der Waals surface area (Å²) in [7, 11) is 0. The summed E-state index contributed by atoms with van der Waals surface area (Å²) in [6.07, 6.45) is 2.16. The second-order valence-electron chi connectivity index (χ2n) is 5.68. The summed E-state index contributed by atoms with van der Waals surface area (Å²) in [6, 6.07) is 8.73. The highest BCUT2D eigenvalue weighted by atomic mass is 16.5. The number of aryl methyl sites for hydroxylation is 1. The van der Waals surface area contributed by atoms with Crippen LogP contribution in [0, 0.1) is 12.8 Å². The van der Waals surface area contributed by atoms with E-state index in [1.54, 1.807) is 0 Å². The monoisotopic (exact) mass is 263 g/mol. The zero-order chi connectivity index (χ0) is 13.7. The van der Waals surface area contributed by atoms with Gasteiger partial charge in [0.2, 0.25) is 0 Å². The van der Waals surface area contributed by atoms with Gasteiger partial charge in [0.05, 0.1) is 12.7 Å². The van der Waals surface area contributed by atoms with Gasteiger partial charge in [-0.05, 0) is 38.2 Å². The Morgan fingerprint density at radius 3 is 2.63 bits per heavy atom. The largest absolute Gasteiger partial charge is 0.389 e. The molecule has 1 aromatic carbocycles. The Morgan fingerprint density at radius 2 is 2.00 bits per heavy atom. The van der Waals surface area contributed by atoms with Crippen molar-refractivity contribution >= 4 is 0 Å². The van der Waals surface area contributed by atoms with Gasteiger partial charge in [-0.15, -0.1) is 0 Å². The number of benzene rings is 1. The fourth-order valence-electron chi connectivity index (χ4n) is 2.00. The van der Waals surface area contributed by atoms with Gasteiger partial charge in [-0.3, -0.25) is 0 Å². The van der Waals surface area contributed by atoms with Gasteiger partial charge < -0.3 is 15.2 Å². The molecule has 0 saturated heterocycles. The van der Waals surface area contributed by atoms with E-state index in [2.05, 4.69) is 43.4 Å². The van der Waals surface area contributed by atoms with E-state index >= 15 is 0 Å². The van der Waals surface area contributed by atoms with Crippen molar-refractivity contribution in [1.82, 2.24) is 5.32 Å². The summed E-state index contributed by atoms with van der Waals surface area (Å²) in [5.74, 6) is 0.756. The Morgan fingerprint density at radius 1 is 1.32 bits per heavy atom. The summed E-state index contributed by atoms with van der Waals surface area (Å²) < 4.78 is 5.48. The molecule has 2 rings (SSSR count). The van der Waals surface area contributed by atoms with E-state index in [9.17, 15) is 5.11 Å². The molecule has 0 bridgehead atoms. The Kier molecular flexibility index (Phi) is 5.37. The first-order chi connectivity index (χ1) is 9.15. The molecular weight excluding hydrogens is 238 g/mol. The summed E-state index contributed by atoms with van der Waals surface area (Å²) in [6.45, 7) is 6.01. The molecule has 0 heterocycles. The second-order valence-corrected chi connectivity index (χ2v) is 5.68. The van der Waals surface area contributed by atoms with Crippen LogP contribution in [0.15, 0.2) is 24.3 Å². The standard InChI is InChI=1S/C16H25NO2/c1-12-3-7-15(8-4-12)13(2)17-9-16(18)11-19-10-14-5-6-14/h3-4,7-8,13-14,16-18H,5-6,9-11H2,1-2H3/t13-,16?/m1/s1. The van der Waals surface area contributed by atoms with Crippen molar-refractivity contribution in [2.45, 2.75) is 38.8 Å². The molecule has 2 atom stereocenters. The highest BCUT2D eigenvalue weighted by Crippen LogP contribution is 2.28. The third kappa shape index (κ3) is 5.31. The minimum Gasteiger partial charge on any atom is -0.389 e. The average Bonchev–Trinajstić information content (AvgIpc) is 3.21. The lowest BCUT2D eigenvalue weighted by Crippen LogP contribution is -2.32. The maximum absolute atomic E-state index is 9.83. The molecule has 0 radical (unpaired) electrons. The van der Waals surface area contributed by atoms with Crippen molar-refractivity contribution in [2.75, 3.05) is 19.8 Å². The summed E-state index contributed by atoms with van der Waals surface area (Å²) in [5.41, 5.74) is 2.51. The minimum absolute atomic E-state index is 0.249. The van der Waals surface area contributed by atoms with Crippen molar-refractivity contribution in [2.24, 2.45) is 5.92 Å². The number of hydrogen-bond acceptors (Lipinski definition) is 3. The molecule has 1 unspecified atom stereocenters. The lowest BCUT2D eigenvalue weighted by Gasteiger charge is -2.17. The van der Waals surface area contributed by atoms with Crippen LogP contribution in [0.4, 0.5) is 0 Å². The van der Waals surface area contributed by atoms with Gasteiger partial charge in [0.15, 0.2) is 0 Å². The quantitative estimate of drug-likeness (QED) is 0.757. The van der Waals surface area contributed by atoms with E-state index in [-0.39, 0.29) is 6.04 Å². The SMILES string of the molecule is Cc1ccc([C@@H](C)NCC(O)COCC2CC2)cc1. The van der Waals surface area contributed by atoms with Crippen molar-refractivity contribution in [3.8, 4) is 0 Å². The third-order valence-corrected chi connectivity index (χ3v) is 3.60. The topological polar surface area (TPSA) is 41.5 Å². The van der Waals surface area contributed by atoms with Crippen LogP contribution in [-0.4, -0.2) is 31.0 Å². The number of rotatable bonds is 8. The zero-order valence-corrected chi connectivity index (χ0v) is 11.9. The van der Waals surface area contributed by atoms with Crippen molar-refractivity contribution in [3.63, 3.8) is 0 Å². The molecule has 0 aromatic heterocycles. The molecule has 3 heteroatoms. The van der Waals surface area contributed by atoms with Crippen LogP contribution in [0.1, 0.15) is 36.9 Å². The summed E-state index contributed by atoms with van der Waals surface area (Å²) in [5, 5.41) is 13.2. The Bertz CT molecular complexity index is 373. The maximum Gasteiger partial charge on any atom is 0.0897 e. The van der Waals surface area contributed by atoms with Crippen LogP contribution in [0.3, 0.4) is 0 Å². The van der Waals surface area contributed by atoms with E-state index in [1.165, 1.54) is 24.0 Å². The lowest BCUT2D eigenvalue weighted by atomic mass is 10.1. The molecule has 0 aliphatic heterocycles. The number of nitrogens with one attached hydrogen (secondary N) is 1. The lowest BCUT2D eigenvalue weighted by molar-refractivity contribution is 0.0315.